The van der Waals surface area contributed by atoms with Gasteiger partial charge in [0.25, 0.3) is 0 Å². The third-order valence-corrected chi connectivity index (χ3v) is 2.79. The minimum absolute atomic E-state index is 0.0685. The fourth-order valence-corrected chi connectivity index (χ4v) is 1.42. The van der Waals surface area contributed by atoms with Crippen LogP contribution in [0.2, 0.25) is 0 Å². The normalized spacial score (nSPS) is 10.6. The third kappa shape index (κ3) is 11.1. The van der Waals surface area contributed by atoms with Crippen molar-refractivity contribution in [3.63, 3.8) is 0 Å². The summed E-state index contributed by atoms with van der Waals surface area (Å²) in [6, 6.07) is 0. The average molecular weight is 352 g/mol. The van der Waals surface area contributed by atoms with Crippen LogP contribution < -0.4 is 0 Å². The highest BCUT2D eigenvalue weighted by molar-refractivity contribution is 5.88. The van der Waals surface area contributed by atoms with E-state index in [0.29, 0.717) is 13.2 Å². The molecule has 0 bridgehead atoms. The van der Waals surface area contributed by atoms with Crippen LogP contribution in [-0.2, 0) is 28.5 Å². The molecule has 0 aliphatic heterocycles. The maximum Gasteiger partial charge on any atom is 0.335 e. The van der Waals surface area contributed by atoms with E-state index in [9.17, 15) is 9.59 Å². The molecule has 0 aliphatic carbocycles. The molecule has 25 heavy (non-hydrogen) atoms. The fraction of sp³-hybridized carbons (Fsp3) is 0.474. The summed E-state index contributed by atoms with van der Waals surface area (Å²) in [7, 11) is 0. The Hall–Kier alpha value is -2.18. The van der Waals surface area contributed by atoms with E-state index in [1.807, 2.05) is 13.8 Å². The van der Waals surface area contributed by atoms with Crippen molar-refractivity contribution in [3.8, 4) is 0 Å². The van der Waals surface area contributed by atoms with Crippen molar-refractivity contribution in [2.75, 3.05) is 39.6 Å². The molecule has 0 N–H and O–H groups in total. The van der Waals surface area contributed by atoms with E-state index in [2.05, 4.69) is 26.3 Å². The Bertz CT molecular complexity index is 460. The number of rotatable bonds is 14. The summed E-state index contributed by atoms with van der Waals surface area (Å²) in [5, 5.41) is 0. The van der Waals surface area contributed by atoms with Crippen molar-refractivity contribution in [2.45, 2.75) is 13.8 Å². The summed E-state index contributed by atoms with van der Waals surface area (Å²) in [6.07, 6.45) is 3.15. The van der Waals surface area contributed by atoms with Crippen LogP contribution >= 0.6 is 0 Å². The predicted molar refractivity (Wildman–Crippen MR) is 96.0 cm³/mol. The van der Waals surface area contributed by atoms with Gasteiger partial charge in [0.1, 0.15) is 0 Å². The molecule has 0 saturated heterocycles. The Morgan fingerprint density at radius 2 is 1.20 bits per heavy atom. The van der Waals surface area contributed by atoms with Crippen molar-refractivity contribution in [2.24, 2.45) is 5.41 Å². The molecule has 0 aliphatic rings. The topological polar surface area (TPSA) is 71.1 Å². The Morgan fingerprint density at radius 3 is 1.52 bits per heavy atom. The largest absolute Gasteiger partial charge is 0.462 e. The van der Waals surface area contributed by atoms with Crippen molar-refractivity contribution < 1.29 is 28.5 Å². The number of carbonyl (C=O) groups excluding carboxylic acids is 2. The lowest BCUT2D eigenvalue weighted by molar-refractivity contribution is -0.148. The minimum atomic E-state index is -0.560. The molecule has 6 nitrogen and oxygen atoms in total. The first-order valence-electron chi connectivity index (χ1n) is 7.80. The summed E-state index contributed by atoms with van der Waals surface area (Å²) in [4.78, 5) is 23.6. The molecule has 0 spiro atoms. The van der Waals surface area contributed by atoms with Crippen molar-refractivity contribution in [1.82, 2.24) is 0 Å². The van der Waals surface area contributed by atoms with E-state index in [1.54, 1.807) is 12.2 Å². The Labute approximate surface area is 149 Å². The number of carbonyl (C=O) groups is 2. The zero-order chi connectivity index (χ0) is 19.3. The highest BCUT2D eigenvalue weighted by Crippen LogP contribution is 2.17. The molecule has 0 rings (SSSR count). The molecule has 0 aromatic rings. The first-order valence-corrected chi connectivity index (χ1v) is 7.80. The number of ether oxygens (including phenoxy) is 4. The monoisotopic (exact) mass is 352 g/mol. The molecule has 140 valence electrons. The lowest BCUT2D eigenvalue weighted by atomic mass is 9.96. The average Bonchev–Trinajstić information content (AvgIpc) is 2.57. The second-order valence-corrected chi connectivity index (χ2v) is 6.13. The molecular formula is C19H28O6. The van der Waals surface area contributed by atoms with Gasteiger partial charge in [-0.2, -0.15) is 0 Å². The van der Waals surface area contributed by atoms with E-state index in [-0.39, 0.29) is 37.6 Å². The molecule has 6 heteroatoms. The third-order valence-electron chi connectivity index (χ3n) is 2.79. The molecule has 0 radical (unpaired) electrons. The van der Waals surface area contributed by atoms with Crippen molar-refractivity contribution in [3.05, 3.63) is 49.6 Å². The van der Waals surface area contributed by atoms with Gasteiger partial charge in [0, 0.05) is 5.41 Å². The van der Waals surface area contributed by atoms with Gasteiger partial charge in [0.05, 0.1) is 50.8 Å². The van der Waals surface area contributed by atoms with Crippen molar-refractivity contribution >= 4 is 11.9 Å². The zero-order valence-corrected chi connectivity index (χ0v) is 15.2. The van der Waals surface area contributed by atoms with Gasteiger partial charge >= 0.3 is 11.9 Å². The van der Waals surface area contributed by atoms with Crippen LogP contribution in [0, 0.1) is 5.41 Å². The lowest BCUT2D eigenvalue weighted by Crippen LogP contribution is -2.29. The van der Waals surface area contributed by atoms with Crippen LogP contribution in [-0.4, -0.2) is 51.6 Å². The standard InChI is InChI=1S/C19H28O6/c1-7-9-22-11-15(3)17(20)24-13-19(5,6)14-25-18(21)16(4)12-23-10-8-2/h7-8H,1-4,9-14H2,5-6H3. The molecule has 0 heterocycles. The molecule has 0 aromatic carbocycles. The van der Waals surface area contributed by atoms with E-state index in [4.69, 9.17) is 18.9 Å². The summed E-state index contributed by atoms with van der Waals surface area (Å²) >= 11 is 0. The van der Waals surface area contributed by atoms with E-state index < -0.39 is 17.4 Å². The van der Waals surface area contributed by atoms with Crippen LogP contribution in [0.4, 0.5) is 0 Å². The fourth-order valence-electron chi connectivity index (χ4n) is 1.42. The van der Waals surface area contributed by atoms with Crippen LogP contribution in [0.25, 0.3) is 0 Å². The SMILES string of the molecule is C=CCOCC(=C)C(=O)OCC(C)(C)COC(=O)C(=C)COCC=C. The first kappa shape index (κ1) is 22.8. The van der Waals surface area contributed by atoms with E-state index in [1.165, 1.54) is 0 Å². The predicted octanol–water partition coefficient (Wildman–Crippen LogP) is 2.62. The highest BCUT2D eigenvalue weighted by Gasteiger charge is 2.24. The summed E-state index contributed by atoms with van der Waals surface area (Å²) < 4.78 is 20.6. The second-order valence-electron chi connectivity index (χ2n) is 6.13. The lowest BCUT2D eigenvalue weighted by Gasteiger charge is -2.24. The Balaban J connectivity index is 4.18. The van der Waals surface area contributed by atoms with Gasteiger partial charge in [0.2, 0.25) is 0 Å². The van der Waals surface area contributed by atoms with Gasteiger partial charge in [-0.1, -0.05) is 39.2 Å². The van der Waals surface area contributed by atoms with Crippen LogP contribution in [0.3, 0.4) is 0 Å². The number of hydrogen-bond acceptors (Lipinski definition) is 6. The molecule has 0 amide bonds. The van der Waals surface area contributed by atoms with Gasteiger partial charge in [-0.3, -0.25) is 0 Å². The Morgan fingerprint density at radius 1 is 0.840 bits per heavy atom. The van der Waals surface area contributed by atoms with Gasteiger partial charge in [-0.25, -0.2) is 9.59 Å². The maximum atomic E-state index is 11.8. The van der Waals surface area contributed by atoms with Crippen molar-refractivity contribution in [1.29, 1.82) is 0 Å². The van der Waals surface area contributed by atoms with Gasteiger partial charge in [0.15, 0.2) is 0 Å². The summed E-state index contributed by atoms with van der Waals surface area (Å²) in [5.74, 6) is -1.10. The first-order chi connectivity index (χ1) is 11.7. The van der Waals surface area contributed by atoms with Crippen LogP contribution in [0.15, 0.2) is 49.6 Å². The summed E-state index contributed by atoms with van der Waals surface area (Å²) in [5.41, 5.74) is -0.139. The molecule has 0 atom stereocenters. The zero-order valence-electron chi connectivity index (χ0n) is 15.2. The smallest absolute Gasteiger partial charge is 0.335 e. The Kier molecular flexibility index (Phi) is 11.2. The quantitative estimate of drug-likeness (QED) is 0.207. The molecule has 0 saturated carbocycles. The molecule has 0 aromatic heterocycles. The van der Waals surface area contributed by atoms with Gasteiger partial charge in [-0.05, 0) is 0 Å². The maximum absolute atomic E-state index is 11.8. The number of esters is 2. The molecule has 0 fully saturated rings. The van der Waals surface area contributed by atoms with E-state index in [0.717, 1.165) is 0 Å². The van der Waals surface area contributed by atoms with Gasteiger partial charge in [-0.15, -0.1) is 13.2 Å². The van der Waals surface area contributed by atoms with E-state index >= 15 is 0 Å². The summed E-state index contributed by atoms with van der Waals surface area (Å²) in [6.45, 7) is 18.8. The van der Waals surface area contributed by atoms with Crippen LogP contribution in [0.5, 0.6) is 0 Å². The van der Waals surface area contributed by atoms with Gasteiger partial charge < -0.3 is 18.9 Å². The number of hydrogen-bond donors (Lipinski definition) is 0. The molecular weight excluding hydrogens is 324 g/mol. The highest BCUT2D eigenvalue weighted by atomic mass is 16.6. The second kappa shape index (κ2) is 12.2. The molecule has 0 unspecified atom stereocenters. The van der Waals surface area contributed by atoms with Crippen LogP contribution in [0.1, 0.15) is 13.8 Å². The minimum Gasteiger partial charge on any atom is -0.462 e.